The van der Waals surface area contributed by atoms with E-state index >= 15 is 0 Å². The lowest BCUT2D eigenvalue weighted by atomic mass is 9.79. The number of imidazole rings is 1. The summed E-state index contributed by atoms with van der Waals surface area (Å²) < 4.78 is 4.13. The first kappa shape index (κ1) is 25.1. The Morgan fingerprint density at radius 2 is 1.53 bits per heavy atom. The fourth-order valence-electron chi connectivity index (χ4n) is 7.19. The highest BCUT2D eigenvalue weighted by molar-refractivity contribution is 5.76. The minimum absolute atomic E-state index is 0.147. The maximum Gasteiger partial charge on any atom is 0.329 e. The van der Waals surface area contributed by atoms with Crippen LogP contribution in [0.2, 0.25) is 0 Å². The van der Waals surface area contributed by atoms with Crippen LogP contribution in [0.5, 0.6) is 0 Å². The van der Waals surface area contributed by atoms with E-state index in [1.165, 1.54) is 49.7 Å². The number of piperidine rings is 1. The molecule has 1 aliphatic carbocycles. The van der Waals surface area contributed by atoms with E-state index in [-0.39, 0.29) is 17.3 Å². The molecule has 2 fully saturated rings. The third-order valence-electron chi connectivity index (χ3n) is 9.12. The fourth-order valence-corrected chi connectivity index (χ4v) is 7.19. The lowest BCUT2D eigenvalue weighted by Crippen LogP contribution is -2.50. The van der Waals surface area contributed by atoms with Gasteiger partial charge in [-0.15, -0.1) is 0 Å². The number of aryl methyl sites for hydroxylation is 2. The number of hydrogen-bond donors (Lipinski definition) is 0. The summed E-state index contributed by atoms with van der Waals surface area (Å²) in [5.74, 6) is 0. The van der Waals surface area contributed by atoms with Crippen molar-refractivity contribution in [1.82, 2.24) is 19.0 Å². The minimum atomic E-state index is 0.147. The third-order valence-corrected chi connectivity index (χ3v) is 9.12. The quantitative estimate of drug-likeness (QED) is 0.260. The molecule has 0 atom stereocenters. The fraction of sp³-hybridized carbons (Fsp3) is 0.455. The predicted molar refractivity (Wildman–Crippen MR) is 154 cm³/mol. The van der Waals surface area contributed by atoms with Crippen LogP contribution in [0, 0.1) is 0 Å². The molecule has 0 radical (unpaired) electrons. The number of benzene rings is 2. The van der Waals surface area contributed by atoms with Gasteiger partial charge in [0, 0.05) is 43.6 Å². The van der Waals surface area contributed by atoms with E-state index in [9.17, 15) is 4.79 Å². The Kier molecular flexibility index (Phi) is 7.46. The number of rotatable bonds is 7. The zero-order chi connectivity index (χ0) is 25.8. The Bertz CT molecular complexity index is 1380. The van der Waals surface area contributed by atoms with Crippen LogP contribution in [0.25, 0.3) is 11.0 Å². The highest BCUT2D eigenvalue weighted by Gasteiger charge is 2.40. The van der Waals surface area contributed by atoms with E-state index in [1.54, 1.807) is 0 Å². The van der Waals surface area contributed by atoms with Gasteiger partial charge in [-0.1, -0.05) is 74.2 Å². The Labute approximate surface area is 226 Å². The number of aromatic nitrogens is 3. The molecule has 2 aliphatic rings. The van der Waals surface area contributed by atoms with Crippen LogP contribution in [0.4, 0.5) is 0 Å². The van der Waals surface area contributed by atoms with Gasteiger partial charge in [0.25, 0.3) is 0 Å². The van der Waals surface area contributed by atoms with Crippen LogP contribution in [0.1, 0.15) is 75.0 Å². The summed E-state index contributed by atoms with van der Waals surface area (Å²) in [6.45, 7) is 2.83. The van der Waals surface area contributed by atoms with Gasteiger partial charge in [0.15, 0.2) is 0 Å². The average Bonchev–Trinajstić information content (AvgIpc) is 3.11. The second kappa shape index (κ2) is 11.3. The van der Waals surface area contributed by atoms with Crippen LogP contribution in [-0.4, -0.2) is 32.1 Å². The van der Waals surface area contributed by atoms with Crippen LogP contribution in [0.15, 0.2) is 83.9 Å². The maximum atomic E-state index is 13.8. The summed E-state index contributed by atoms with van der Waals surface area (Å²) in [5.41, 5.74) is 5.17. The van der Waals surface area contributed by atoms with Crippen LogP contribution in [0.3, 0.4) is 0 Å². The summed E-state index contributed by atoms with van der Waals surface area (Å²) in [6, 6.07) is 24.0. The largest absolute Gasteiger partial charge is 0.329 e. The molecule has 0 N–H and O–H groups in total. The van der Waals surface area contributed by atoms with Gasteiger partial charge in [-0.05, 0) is 67.9 Å². The van der Waals surface area contributed by atoms with Crippen molar-refractivity contribution < 1.29 is 0 Å². The molecule has 1 saturated heterocycles. The van der Waals surface area contributed by atoms with E-state index < -0.39 is 0 Å². The first-order chi connectivity index (χ1) is 18.8. The SMILES string of the molecule is O=c1n(CCCc2cccnc2)c2ccccc2n1C1CCN(C2(c3ccccc3)CCCCCC2)CC1. The lowest BCUT2D eigenvalue weighted by Gasteiger charge is -2.47. The van der Waals surface area contributed by atoms with Crippen molar-refractivity contribution in [2.75, 3.05) is 13.1 Å². The normalized spacial score (nSPS) is 18.9. The number of fused-ring (bicyclic) bond motifs is 1. The predicted octanol–water partition coefficient (Wildman–Crippen LogP) is 6.72. The van der Waals surface area contributed by atoms with E-state index in [2.05, 4.69) is 75.1 Å². The molecule has 198 valence electrons. The van der Waals surface area contributed by atoms with Crippen LogP contribution >= 0.6 is 0 Å². The Hall–Kier alpha value is -3.18. The van der Waals surface area contributed by atoms with Gasteiger partial charge in [0.05, 0.1) is 11.0 Å². The first-order valence-corrected chi connectivity index (χ1v) is 14.7. The molecule has 0 amide bonds. The molecule has 1 saturated carbocycles. The van der Waals surface area contributed by atoms with E-state index in [1.807, 2.05) is 23.0 Å². The molecular weight excluding hydrogens is 468 g/mol. The zero-order valence-corrected chi connectivity index (χ0v) is 22.5. The molecule has 5 nitrogen and oxygen atoms in total. The van der Waals surface area contributed by atoms with Crippen molar-refractivity contribution in [3.8, 4) is 0 Å². The topological polar surface area (TPSA) is 43.1 Å². The van der Waals surface area contributed by atoms with Gasteiger partial charge in [-0.2, -0.15) is 0 Å². The molecule has 3 heterocycles. The third kappa shape index (κ3) is 4.84. The molecule has 5 heteroatoms. The molecule has 0 spiro atoms. The maximum absolute atomic E-state index is 13.8. The van der Waals surface area contributed by atoms with Crippen molar-refractivity contribution in [2.24, 2.45) is 0 Å². The lowest BCUT2D eigenvalue weighted by molar-refractivity contribution is 0.0354. The standard InChI is InChI=1S/C33H40N4O/c38-32-36(23-11-13-27-12-10-22-34-26-27)30-16-6-7-17-31(30)37(32)29-18-24-35(25-19-29)33(20-8-1-2-9-21-33)28-14-4-3-5-15-28/h3-7,10,12,14-17,22,26,29H,1-2,8-9,11,13,18-21,23-25H2. The van der Waals surface area contributed by atoms with Crippen LogP contribution in [-0.2, 0) is 18.5 Å². The number of nitrogens with zero attached hydrogens (tertiary/aromatic N) is 4. The number of hydrogen-bond acceptors (Lipinski definition) is 3. The van der Waals surface area contributed by atoms with Gasteiger partial charge in [-0.3, -0.25) is 19.0 Å². The monoisotopic (exact) mass is 508 g/mol. The second-order valence-electron chi connectivity index (χ2n) is 11.3. The van der Waals surface area contributed by atoms with Crippen LogP contribution < -0.4 is 5.69 Å². The highest BCUT2D eigenvalue weighted by atomic mass is 16.1. The van der Waals surface area contributed by atoms with Gasteiger partial charge in [-0.25, -0.2) is 4.79 Å². The summed E-state index contributed by atoms with van der Waals surface area (Å²) in [7, 11) is 0. The number of pyridine rings is 1. The highest BCUT2D eigenvalue weighted by Crippen LogP contribution is 2.43. The molecule has 1 aliphatic heterocycles. The average molecular weight is 509 g/mol. The smallest absolute Gasteiger partial charge is 0.293 e. The van der Waals surface area contributed by atoms with E-state index in [4.69, 9.17) is 0 Å². The molecule has 38 heavy (non-hydrogen) atoms. The van der Waals surface area contributed by atoms with E-state index in [0.29, 0.717) is 0 Å². The minimum Gasteiger partial charge on any atom is -0.293 e. The van der Waals surface area contributed by atoms with Gasteiger partial charge in [0.2, 0.25) is 0 Å². The molecule has 2 aromatic heterocycles. The zero-order valence-electron chi connectivity index (χ0n) is 22.5. The molecule has 6 rings (SSSR count). The summed E-state index contributed by atoms with van der Waals surface area (Å²) >= 11 is 0. The second-order valence-corrected chi connectivity index (χ2v) is 11.3. The molecule has 4 aromatic rings. The van der Waals surface area contributed by atoms with Gasteiger partial charge in [0.1, 0.15) is 0 Å². The van der Waals surface area contributed by atoms with Gasteiger partial charge >= 0.3 is 5.69 Å². The van der Waals surface area contributed by atoms with Crippen molar-refractivity contribution in [1.29, 1.82) is 0 Å². The summed E-state index contributed by atoms with van der Waals surface area (Å²) in [5, 5.41) is 0. The molecule has 0 unspecified atom stereocenters. The van der Waals surface area contributed by atoms with Crippen molar-refractivity contribution in [2.45, 2.75) is 82.3 Å². The van der Waals surface area contributed by atoms with Crippen molar-refractivity contribution >= 4 is 11.0 Å². The Balaban J connectivity index is 1.23. The number of likely N-dealkylation sites (tertiary alicyclic amines) is 1. The Morgan fingerprint density at radius 3 is 2.24 bits per heavy atom. The van der Waals surface area contributed by atoms with Gasteiger partial charge < -0.3 is 0 Å². The number of para-hydroxylation sites is 2. The van der Waals surface area contributed by atoms with Crippen molar-refractivity contribution in [3.63, 3.8) is 0 Å². The van der Waals surface area contributed by atoms with Crippen molar-refractivity contribution in [3.05, 3.63) is 101 Å². The molecule has 0 bridgehead atoms. The van der Waals surface area contributed by atoms with E-state index in [0.717, 1.165) is 56.4 Å². The first-order valence-electron chi connectivity index (χ1n) is 14.7. The summed E-state index contributed by atoms with van der Waals surface area (Å²) in [6.07, 6.45) is 15.5. The Morgan fingerprint density at radius 1 is 0.816 bits per heavy atom. The summed E-state index contributed by atoms with van der Waals surface area (Å²) in [4.78, 5) is 20.9. The molecular formula is C33H40N4O. The molecule has 2 aromatic carbocycles.